The highest BCUT2D eigenvalue weighted by molar-refractivity contribution is 6.09. The minimum atomic E-state index is -4.15. The summed E-state index contributed by atoms with van der Waals surface area (Å²) in [6.07, 6.45) is -1.81. The third kappa shape index (κ3) is 7.74. The third-order valence-electron chi connectivity index (χ3n) is 6.71. The minimum absolute atomic E-state index is 0.0105. The zero-order valence-corrected chi connectivity index (χ0v) is 22.3. The van der Waals surface area contributed by atoms with Crippen LogP contribution in [0.4, 0.5) is 18.9 Å². The number of nitrogens with zero attached hydrogens (tertiary/aromatic N) is 3. The van der Waals surface area contributed by atoms with Crippen molar-refractivity contribution < 1.29 is 22.7 Å². The lowest BCUT2D eigenvalue weighted by molar-refractivity contribution is -0.138. The molecule has 3 N–H and O–H groups in total. The van der Waals surface area contributed by atoms with Gasteiger partial charge in [0.15, 0.2) is 0 Å². The molecule has 1 aliphatic rings. The van der Waals surface area contributed by atoms with Gasteiger partial charge in [0.2, 0.25) is 0 Å². The zero-order valence-electron chi connectivity index (χ0n) is 22.3. The Bertz CT molecular complexity index is 1170. The number of alkyl halides is 3. The summed E-state index contributed by atoms with van der Waals surface area (Å²) >= 11 is 0. The van der Waals surface area contributed by atoms with Crippen LogP contribution in [0.15, 0.2) is 47.6 Å². The molecule has 1 atom stereocenters. The van der Waals surface area contributed by atoms with E-state index >= 15 is 0 Å². The van der Waals surface area contributed by atoms with Gasteiger partial charge < -0.3 is 20.7 Å². The Kier molecular flexibility index (Phi) is 9.79. The number of methoxy groups -OCH3 is 1. The number of aryl methyl sites for hydroxylation is 1. The average molecular weight is 532 g/mol. The second-order valence-corrected chi connectivity index (χ2v) is 9.39. The minimum Gasteiger partial charge on any atom is -0.497 e. The molecule has 1 heterocycles. The van der Waals surface area contributed by atoms with Crippen LogP contribution in [0.25, 0.3) is 5.57 Å². The molecular formula is C28H36F3N5O2. The monoisotopic (exact) mass is 531 g/mol. The van der Waals surface area contributed by atoms with Crippen LogP contribution in [0.2, 0.25) is 0 Å². The largest absolute Gasteiger partial charge is 0.497 e. The van der Waals surface area contributed by atoms with E-state index in [4.69, 9.17) is 10.5 Å². The van der Waals surface area contributed by atoms with Crippen LogP contribution in [-0.4, -0.2) is 70.1 Å². The highest BCUT2D eigenvalue weighted by Crippen LogP contribution is 2.27. The van der Waals surface area contributed by atoms with Crippen LogP contribution in [0.1, 0.15) is 46.4 Å². The summed E-state index contributed by atoms with van der Waals surface area (Å²) in [5.41, 5.74) is 10.4. The van der Waals surface area contributed by atoms with Crippen LogP contribution in [0.5, 0.6) is 5.75 Å². The molecule has 1 amide bonds. The van der Waals surface area contributed by atoms with Crippen molar-refractivity contribution in [2.45, 2.75) is 32.5 Å². The SMILES string of the molecule is CN=C/C(=C\N)c1cc(OC)cc([C@@H](C)NC(=O)c2cc(N3CCN(CCC(F)(F)F)CC3)ccc2C)c1. The van der Waals surface area contributed by atoms with Crippen molar-refractivity contribution in [2.24, 2.45) is 10.7 Å². The van der Waals surface area contributed by atoms with Gasteiger partial charge in [-0.05, 0) is 60.9 Å². The van der Waals surface area contributed by atoms with Crippen LogP contribution in [0, 0.1) is 6.92 Å². The molecule has 38 heavy (non-hydrogen) atoms. The van der Waals surface area contributed by atoms with E-state index in [9.17, 15) is 18.0 Å². The molecule has 10 heteroatoms. The number of halogens is 3. The topological polar surface area (TPSA) is 83.2 Å². The molecule has 0 radical (unpaired) electrons. The normalized spacial score (nSPS) is 16.1. The summed E-state index contributed by atoms with van der Waals surface area (Å²) in [4.78, 5) is 21.3. The Hall–Kier alpha value is -3.53. The van der Waals surface area contributed by atoms with Crippen molar-refractivity contribution >= 4 is 23.4 Å². The maximum absolute atomic E-state index is 13.3. The molecule has 0 spiro atoms. The first-order chi connectivity index (χ1) is 18.0. The molecule has 0 saturated carbocycles. The van der Waals surface area contributed by atoms with Crippen molar-refractivity contribution in [1.29, 1.82) is 0 Å². The summed E-state index contributed by atoms with van der Waals surface area (Å²) < 4.78 is 43.1. The number of piperazine rings is 1. The first kappa shape index (κ1) is 29.0. The number of carbonyl (C=O) groups is 1. The molecule has 1 aliphatic heterocycles. The summed E-state index contributed by atoms with van der Waals surface area (Å²) in [5.74, 6) is 0.421. The van der Waals surface area contributed by atoms with Gasteiger partial charge in [-0.15, -0.1) is 0 Å². The fourth-order valence-corrected chi connectivity index (χ4v) is 4.43. The lowest BCUT2D eigenvalue weighted by Gasteiger charge is -2.36. The average Bonchev–Trinajstić information content (AvgIpc) is 2.90. The Labute approximate surface area is 222 Å². The molecule has 0 aliphatic carbocycles. The molecule has 2 aromatic carbocycles. The van der Waals surface area contributed by atoms with Crippen LogP contribution < -0.4 is 20.7 Å². The molecule has 0 bridgehead atoms. The quantitative estimate of drug-likeness (QED) is 0.464. The van der Waals surface area contributed by atoms with Gasteiger partial charge in [-0.2, -0.15) is 13.2 Å². The summed E-state index contributed by atoms with van der Waals surface area (Å²) in [6, 6.07) is 11.0. The van der Waals surface area contributed by atoms with E-state index < -0.39 is 12.6 Å². The smallest absolute Gasteiger partial charge is 0.390 e. The first-order valence-electron chi connectivity index (χ1n) is 12.5. The van der Waals surface area contributed by atoms with Gasteiger partial charge in [-0.1, -0.05) is 6.07 Å². The lowest BCUT2D eigenvalue weighted by Crippen LogP contribution is -2.47. The fourth-order valence-electron chi connectivity index (χ4n) is 4.43. The number of nitrogens with one attached hydrogen (secondary N) is 1. The second kappa shape index (κ2) is 12.8. The van der Waals surface area contributed by atoms with E-state index in [1.54, 1.807) is 20.4 Å². The van der Waals surface area contributed by atoms with Gasteiger partial charge in [0.25, 0.3) is 5.91 Å². The Balaban J connectivity index is 1.72. The number of hydrogen-bond acceptors (Lipinski definition) is 6. The highest BCUT2D eigenvalue weighted by atomic mass is 19.4. The number of benzene rings is 2. The predicted octanol–water partition coefficient (Wildman–Crippen LogP) is 4.57. The lowest BCUT2D eigenvalue weighted by atomic mass is 9.99. The maximum Gasteiger partial charge on any atom is 0.390 e. The first-order valence-corrected chi connectivity index (χ1v) is 12.5. The number of amides is 1. The van der Waals surface area contributed by atoms with E-state index in [1.165, 1.54) is 6.20 Å². The van der Waals surface area contributed by atoms with Crippen molar-refractivity contribution in [3.8, 4) is 5.75 Å². The fraction of sp³-hybridized carbons (Fsp3) is 0.429. The summed E-state index contributed by atoms with van der Waals surface area (Å²) in [5, 5.41) is 3.08. The third-order valence-corrected chi connectivity index (χ3v) is 6.71. The number of rotatable bonds is 9. The number of nitrogens with two attached hydrogens (primary N) is 1. The molecule has 0 aromatic heterocycles. The van der Waals surface area contributed by atoms with Crippen molar-refractivity contribution in [3.05, 3.63) is 64.9 Å². The van der Waals surface area contributed by atoms with Gasteiger partial charge in [-0.25, -0.2) is 0 Å². The molecule has 3 rings (SSSR count). The molecule has 1 saturated heterocycles. The molecule has 206 valence electrons. The molecule has 0 unspecified atom stereocenters. The Morgan fingerprint density at radius 1 is 1.18 bits per heavy atom. The van der Waals surface area contributed by atoms with Gasteiger partial charge in [0.05, 0.1) is 19.6 Å². The van der Waals surface area contributed by atoms with Gasteiger partial charge in [-0.3, -0.25) is 14.7 Å². The number of anilines is 1. The van der Waals surface area contributed by atoms with E-state index in [2.05, 4.69) is 15.2 Å². The summed E-state index contributed by atoms with van der Waals surface area (Å²) in [6.45, 7) is 6.08. The highest BCUT2D eigenvalue weighted by Gasteiger charge is 2.29. The van der Waals surface area contributed by atoms with Crippen molar-refractivity contribution in [1.82, 2.24) is 10.2 Å². The predicted molar refractivity (Wildman–Crippen MR) is 146 cm³/mol. The number of aliphatic imine (C=N–C) groups is 1. The number of hydrogen-bond donors (Lipinski definition) is 2. The van der Waals surface area contributed by atoms with Crippen LogP contribution in [0.3, 0.4) is 0 Å². The standard InChI is InChI=1S/C28H36F3N5O2/c1-19-5-6-24(36-11-9-35(10-12-36)8-7-28(29,30)31)16-26(19)27(37)34-20(2)21-13-22(15-25(14-21)38-4)23(17-32)18-33-3/h5-6,13-18,20H,7-12,32H2,1-4H3,(H,34,37)/b23-17+,33-18?/t20-/m1/s1. The van der Waals surface area contributed by atoms with E-state index in [0.29, 0.717) is 37.5 Å². The van der Waals surface area contributed by atoms with Gasteiger partial charge in [0.1, 0.15) is 5.75 Å². The van der Waals surface area contributed by atoms with Crippen LogP contribution in [-0.2, 0) is 0 Å². The van der Waals surface area contributed by atoms with E-state index in [0.717, 1.165) is 28.0 Å². The Morgan fingerprint density at radius 3 is 2.50 bits per heavy atom. The van der Waals surface area contributed by atoms with Gasteiger partial charge >= 0.3 is 6.18 Å². The van der Waals surface area contributed by atoms with Crippen LogP contribution >= 0.6 is 0 Å². The second-order valence-electron chi connectivity index (χ2n) is 9.39. The van der Waals surface area contributed by atoms with E-state index in [-0.39, 0.29) is 18.5 Å². The molecule has 2 aromatic rings. The summed E-state index contributed by atoms with van der Waals surface area (Å²) in [7, 11) is 3.24. The number of allylic oxidation sites excluding steroid dienone is 1. The Morgan fingerprint density at radius 2 is 1.89 bits per heavy atom. The number of carbonyl (C=O) groups excluding carboxylic acids is 1. The van der Waals surface area contributed by atoms with Crippen molar-refractivity contribution in [2.75, 3.05) is 51.8 Å². The van der Waals surface area contributed by atoms with Gasteiger partial charge in [0, 0.05) is 69.0 Å². The molecular weight excluding hydrogens is 495 g/mol. The van der Waals surface area contributed by atoms with Crippen molar-refractivity contribution in [3.63, 3.8) is 0 Å². The van der Waals surface area contributed by atoms with E-state index in [1.807, 2.05) is 55.1 Å². The maximum atomic E-state index is 13.3. The molecule has 7 nitrogen and oxygen atoms in total. The molecule has 1 fully saturated rings. The zero-order chi connectivity index (χ0) is 27.9. The number of ether oxygens (including phenoxy) is 1.